The van der Waals surface area contributed by atoms with Crippen molar-refractivity contribution in [1.29, 1.82) is 0 Å². The van der Waals surface area contributed by atoms with Crippen LogP contribution in [0.4, 0.5) is 0 Å². The molecule has 6 N–H and O–H groups in total. The highest BCUT2D eigenvalue weighted by atomic mass is 35.5. The monoisotopic (exact) mass is 215 g/mol. The summed E-state index contributed by atoms with van der Waals surface area (Å²) in [5, 5.41) is 35.9. The number of aliphatic hydroxyl groups excluding tert-OH is 4. The minimum atomic E-state index is -1.49. The molecule has 0 aliphatic carbocycles. The third-order valence-corrected chi connectivity index (χ3v) is 1.96. The second kappa shape index (κ2) is 5.06. The van der Waals surface area contributed by atoms with Crippen molar-refractivity contribution in [1.82, 2.24) is 0 Å². The van der Waals surface area contributed by atoms with E-state index in [0.717, 1.165) is 0 Å². The van der Waals surface area contributed by atoms with Crippen molar-refractivity contribution < 1.29 is 25.2 Å². The first-order valence-corrected chi connectivity index (χ1v) is 3.64. The SMILES string of the molecule is Cl.N[C@H]1[C@H](O)[C@@H](O)[C@@H](O)O[C@@H]1CO. The van der Waals surface area contributed by atoms with Crippen LogP contribution in [-0.4, -0.2) is 57.7 Å². The second-order valence-corrected chi connectivity index (χ2v) is 2.81. The summed E-state index contributed by atoms with van der Waals surface area (Å²) in [6, 6.07) is -0.881. The summed E-state index contributed by atoms with van der Waals surface area (Å²) in [5.41, 5.74) is 5.38. The van der Waals surface area contributed by atoms with Gasteiger partial charge < -0.3 is 30.9 Å². The van der Waals surface area contributed by atoms with Gasteiger partial charge in [0.25, 0.3) is 0 Å². The minimum absolute atomic E-state index is 0. The van der Waals surface area contributed by atoms with E-state index in [1.165, 1.54) is 0 Å². The smallest absolute Gasteiger partial charge is 0.183 e. The zero-order valence-corrected chi connectivity index (χ0v) is 7.59. The Bertz CT molecular complexity index is 155. The Kier molecular flexibility index (Phi) is 5.08. The van der Waals surface area contributed by atoms with Crippen molar-refractivity contribution in [2.24, 2.45) is 5.73 Å². The molecule has 0 bridgehead atoms. The molecule has 1 saturated heterocycles. The van der Waals surface area contributed by atoms with E-state index in [2.05, 4.69) is 0 Å². The van der Waals surface area contributed by atoms with E-state index < -0.39 is 37.3 Å². The Balaban J connectivity index is 0.00000144. The molecule has 0 unspecified atom stereocenters. The van der Waals surface area contributed by atoms with E-state index in [9.17, 15) is 5.11 Å². The Morgan fingerprint density at radius 1 is 1.15 bits per heavy atom. The number of aliphatic hydroxyl groups is 4. The molecule has 80 valence electrons. The molecule has 5 atom stereocenters. The summed E-state index contributed by atoms with van der Waals surface area (Å²) in [4.78, 5) is 0. The van der Waals surface area contributed by atoms with Gasteiger partial charge in [-0.05, 0) is 0 Å². The lowest BCUT2D eigenvalue weighted by Crippen LogP contribution is -2.61. The van der Waals surface area contributed by atoms with Crippen molar-refractivity contribution >= 4 is 12.4 Å². The topological polar surface area (TPSA) is 116 Å². The van der Waals surface area contributed by atoms with Crippen LogP contribution in [0.5, 0.6) is 0 Å². The van der Waals surface area contributed by atoms with Crippen molar-refractivity contribution in [3.63, 3.8) is 0 Å². The molecule has 13 heavy (non-hydrogen) atoms. The Hall–Kier alpha value is 0.0500. The third-order valence-electron chi connectivity index (χ3n) is 1.96. The highest BCUT2D eigenvalue weighted by Crippen LogP contribution is 2.17. The van der Waals surface area contributed by atoms with Gasteiger partial charge in [-0.2, -0.15) is 0 Å². The van der Waals surface area contributed by atoms with E-state index in [1.54, 1.807) is 0 Å². The number of hydrogen-bond acceptors (Lipinski definition) is 6. The summed E-state index contributed by atoms with van der Waals surface area (Å²) in [7, 11) is 0. The molecule has 1 aliphatic rings. The number of nitrogens with two attached hydrogens (primary N) is 1. The molecular weight excluding hydrogens is 202 g/mol. The van der Waals surface area contributed by atoms with Crippen LogP contribution in [-0.2, 0) is 4.74 Å². The molecule has 0 aromatic rings. The Labute approximate surface area is 81.3 Å². The lowest BCUT2D eigenvalue weighted by Gasteiger charge is -2.38. The molecule has 1 aliphatic heterocycles. The number of hydrogen-bond donors (Lipinski definition) is 5. The van der Waals surface area contributed by atoms with Crippen LogP contribution in [0.3, 0.4) is 0 Å². The first-order chi connectivity index (χ1) is 5.57. The van der Waals surface area contributed by atoms with Gasteiger partial charge in [0.05, 0.1) is 12.6 Å². The summed E-state index contributed by atoms with van der Waals surface area (Å²) in [5.74, 6) is 0. The molecule has 0 amide bonds. The fraction of sp³-hybridized carbons (Fsp3) is 1.00. The van der Waals surface area contributed by atoms with Crippen LogP contribution in [0.1, 0.15) is 0 Å². The van der Waals surface area contributed by atoms with E-state index in [4.69, 9.17) is 25.8 Å². The molecule has 0 aromatic heterocycles. The van der Waals surface area contributed by atoms with E-state index >= 15 is 0 Å². The molecule has 0 spiro atoms. The van der Waals surface area contributed by atoms with E-state index in [1.807, 2.05) is 0 Å². The van der Waals surface area contributed by atoms with E-state index in [0.29, 0.717) is 0 Å². The van der Waals surface area contributed by atoms with Gasteiger partial charge in [-0.25, -0.2) is 0 Å². The van der Waals surface area contributed by atoms with Gasteiger partial charge in [-0.1, -0.05) is 0 Å². The van der Waals surface area contributed by atoms with Gasteiger partial charge in [-0.15, -0.1) is 12.4 Å². The predicted octanol–water partition coefficient (Wildman–Crippen LogP) is -2.83. The van der Waals surface area contributed by atoms with Gasteiger partial charge >= 0.3 is 0 Å². The van der Waals surface area contributed by atoms with Gasteiger partial charge in [0.2, 0.25) is 0 Å². The maximum Gasteiger partial charge on any atom is 0.183 e. The summed E-state index contributed by atoms with van der Waals surface area (Å²) in [6.07, 6.45) is -5.01. The highest BCUT2D eigenvalue weighted by molar-refractivity contribution is 5.85. The maximum atomic E-state index is 9.19. The highest BCUT2D eigenvalue weighted by Gasteiger charge is 2.41. The van der Waals surface area contributed by atoms with Gasteiger partial charge in [0.15, 0.2) is 6.29 Å². The van der Waals surface area contributed by atoms with Crippen molar-refractivity contribution in [3.8, 4) is 0 Å². The second-order valence-electron chi connectivity index (χ2n) is 2.81. The summed E-state index contributed by atoms with van der Waals surface area (Å²) < 4.78 is 4.70. The molecule has 0 saturated carbocycles. The average Bonchev–Trinajstić information content (AvgIpc) is 2.08. The van der Waals surface area contributed by atoms with E-state index in [-0.39, 0.29) is 12.4 Å². The lowest BCUT2D eigenvalue weighted by atomic mass is 9.98. The number of ether oxygens (including phenoxy) is 1. The van der Waals surface area contributed by atoms with Gasteiger partial charge in [0.1, 0.15) is 18.3 Å². The fourth-order valence-corrected chi connectivity index (χ4v) is 1.13. The van der Waals surface area contributed by atoms with Crippen LogP contribution in [0, 0.1) is 0 Å². The lowest BCUT2D eigenvalue weighted by molar-refractivity contribution is -0.258. The Morgan fingerprint density at radius 2 is 1.69 bits per heavy atom. The number of halogens is 1. The molecule has 6 nitrogen and oxygen atoms in total. The normalized spacial score (nSPS) is 45.5. The molecule has 0 radical (unpaired) electrons. The largest absolute Gasteiger partial charge is 0.394 e. The van der Waals surface area contributed by atoms with Gasteiger partial charge in [-0.3, -0.25) is 0 Å². The fourth-order valence-electron chi connectivity index (χ4n) is 1.13. The molecule has 1 heterocycles. The van der Waals surface area contributed by atoms with Crippen molar-refractivity contribution in [2.45, 2.75) is 30.6 Å². The third kappa shape index (κ3) is 2.50. The number of rotatable bonds is 1. The van der Waals surface area contributed by atoms with Crippen LogP contribution >= 0.6 is 12.4 Å². The van der Waals surface area contributed by atoms with Crippen molar-refractivity contribution in [2.75, 3.05) is 6.61 Å². The van der Waals surface area contributed by atoms with Crippen LogP contribution in [0.25, 0.3) is 0 Å². The molecule has 7 heteroatoms. The van der Waals surface area contributed by atoms with Crippen LogP contribution in [0.15, 0.2) is 0 Å². The average molecular weight is 216 g/mol. The maximum absolute atomic E-state index is 9.19. The van der Waals surface area contributed by atoms with Crippen molar-refractivity contribution in [3.05, 3.63) is 0 Å². The molecule has 0 aromatic carbocycles. The molecule has 1 rings (SSSR count). The summed E-state index contributed by atoms with van der Waals surface area (Å²) >= 11 is 0. The predicted molar refractivity (Wildman–Crippen MR) is 45.2 cm³/mol. The first kappa shape index (κ1) is 13.1. The minimum Gasteiger partial charge on any atom is -0.394 e. The summed E-state index contributed by atoms with van der Waals surface area (Å²) in [6.45, 7) is -0.401. The quantitative estimate of drug-likeness (QED) is 0.322. The molecular formula is C6H14ClNO5. The van der Waals surface area contributed by atoms with Gasteiger partial charge in [0, 0.05) is 0 Å². The standard InChI is InChI=1S/C6H13NO5.ClH/c7-3-2(1-8)12-6(11)5(10)4(3)9;/h2-6,8-11H,1,7H2;1H/t2-,3-,4+,5-,6+;/m1./s1. The zero-order chi connectivity index (χ0) is 9.30. The molecule has 1 fully saturated rings. The van der Waals surface area contributed by atoms with Crippen LogP contribution < -0.4 is 5.73 Å². The first-order valence-electron chi connectivity index (χ1n) is 3.64. The van der Waals surface area contributed by atoms with Crippen LogP contribution in [0.2, 0.25) is 0 Å². The zero-order valence-electron chi connectivity index (χ0n) is 6.78. The Morgan fingerprint density at radius 3 is 2.15 bits per heavy atom.